The number of urea groups is 1. The molecule has 2 aromatic heterocycles. The van der Waals surface area contributed by atoms with E-state index in [0.717, 1.165) is 4.88 Å². The molecule has 0 fully saturated rings. The van der Waals surface area contributed by atoms with Crippen molar-refractivity contribution in [2.45, 2.75) is 13.0 Å². The van der Waals surface area contributed by atoms with Gasteiger partial charge in [0.2, 0.25) is 5.89 Å². The lowest BCUT2D eigenvalue weighted by Crippen LogP contribution is -2.42. The Labute approximate surface area is 178 Å². The van der Waals surface area contributed by atoms with E-state index < -0.39 is 42.6 Å². The van der Waals surface area contributed by atoms with Crippen molar-refractivity contribution in [2.24, 2.45) is 0 Å². The molecule has 12 heteroatoms. The van der Waals surface area contributed by atoms with E-state index in [-0.39, 0.29) is 5.89 Å². The van der Waals surface area contributed by atoms with Crippen LogP contribution >= 0.6 is 11.3 Å². The molecular weight excluding hydrogens is 431 g/mol. The lowest BCUT2D eigenvalue weighted by Gasteiger charge is -2.07. The number of hydrogen-bond donors (Lipinski definition) is 2. The first-order valence-electron chi connectivity index (χ1n) is 9.00. The number of benzene rings is 1. The Bertz CT molecular complexity index is 1110. The summed E-state index contributed by atoms with van der Waals surface area (Å²) < 4.78 is 23.3. The summed E-state index contributed by atoms with van der Waals surface area (Å²) in [4.78, 5) is 48.1. The number of amides is 3. The predicted octanol–water partition coefficient (Wildman–Crippen LogP) is 1.32. The second-order valence-electron chi connectivity index (χ2n) is 6.13. The summed E-state index contributed by atoms with van der Waals surface area (Å²) in [6.45, 7) is -0.983. The predicted molar refractivity (Wildman–Crippen MR) is 107 cm³/mol. The minimum Gasteiger partial charge on any atom is -0.454 e. The maximum atomic E-state index is 13.0. The Kier molecular flexibility index (Phi) is 7.27. The van der Waals surface area contributed by atoms with E-state index in [1.54, 1.807) is 11.3 Å². The number of imide groups is 1. The summed E-state index contributed by atoms with van der Waals surface area (Å²) in [7, 11) is 0. The molecule has 1 aromatic carbocycles. The second-order valence-corrected chi connectivity index (χ2v) is 7.16. The zero-order chi connectivity index (χ0) is 22.2. The second kappa shape index (κ2) is 10.3. The fourth-order valence-electron chi connectivity index (χ4n) is 2.39. The number of hydrogen-bond acceptors (Lipinski definition) is 8. The van der Waals surface area contributed by atoms with Gasteiger partial charge in [0.1, 0.15) is 12.4 Å². The Morgan fingerprint density at radius 1 is 1.19 bits per heavy atom. The number of halogens is 1. The first-order chi connectivity index (χ1) is 14.9. The minimum atomic E-state index is -0.936. The molecule has 0 aliphatic heterocycles. The van der Waals surface area contributed by atoms with Gasteiger partial charge in [-0.1, -0.05) is 6.07 Å². The smallest absolute Gasteiger partial charge is 0.437 e. The van der Waals surface area contributed by atoms with Crippen molar-refractivity contribution in [1.82, 2.24) is 20.4 Å². The summed E-state index contributed by atoms with van der Waals surface area (Å²) in [5.41, 5.74) is 0.343. The zero-order valence-corrected chi connectivity index (χ0v) is 16.8. The maximum Gasteiger partial charge on any atom is 0.437 e. The van der Waals surface area contributed by atoms with Gasteiger partial charge >= 0.3 is 17.8 Å². The van der Waals surface area contributed by atoms with Gasteiger partial charge in [-0.2, -0.15) is 4.68 Å². The van der Waals surface area contributed by atoms with Crippen LogP contribution in [0.2, 0.25) is 0 Å². The number of rotatable bonds is 8. The largest absolute Gasteiger partial charge is 0.454 e. The molecule has 0 aliphatic carbocycles. The molecule has 2 N–H and O–H groups in total. The van der Waals surface area contributed by atoms with Crippen molar-refractivity contribution in [1.29, 1.82) is 0 Å². The first-order valence-corrected chi connectivity index (χ1v) is 9.88. The number of carbonyl (C=O) groups excluding carboxylic acids is 3. The van der Waals surface area contributed by atoms with Crippen LogP contribution in [0.4, 0.5) is 9.18 Å². The highest BCUT2D eigenvalue weighted by molar-refractivity contribution is 7.09. The van der Waals surface area contributed by atoms with Crippen molar-refractivity contribution >= 4 is 29.2 Å². The lowest BCUT2D eigenvalue weighted by atomic mass is 10.2. The third kappa shape index (κ3) is 6.60. The molecule has 0 saturated heterocycles. The van der Waals surface area contributed by atoms with E-state index in [9.17, 15) is 23.6 Å². The van der Waals surface area contributed by atoms with Gasteiger partial charge in [0.15, 0.2) is 6.61 Å². The average Bonchev–Trinajstić information content (AvgIpc) is 3.37. The highest BCUT2D eigenvalue weighted by Crippen LogP contribution is 2.15. The van der Waals surface area contributed by atoms with Crippen LogP contribution in [-0.4, -0.2) is 40.8 Å². The van der Waals surface area contributed by atoms with Crippen molar-refractivity contribution in [2.75, 3.05) is 13.2 Å². The fourth-order valence-corrected chi connectivity index (χ4v) is 3.10. The third-order valence-corrected chi connectivity index (χ3v) is 4.77. The minimum absolute atomic E-state index is 0.102. The Morgan fingerprint density at radius 2 is 1.97 bits per heavy atom. The van der Waals surface area contributed by atoms with Gasteiger partial charge < -0.3 is 14.5 Å². The number of carbonyl (C=O) groups is 3. The average molecular weight is 448 g/mol. The molecule has 31 heavy (non-hydrogen) atoms. The normalized spacial score (nSPS) is 10.5. The molecule has 0 radical (unpaired) electrons. The maximum absolute atomic E-state index is 13.0. The highest BCUT2D eigenvalue weighted by atomic mass is 32.1. The molecule has 0 bridgehead atoms. The van der Waals surface area contributed by atoms with E-state index in [1.165, 1.54) is 24.3 Å². The van der Waals surface area contributed by atoms with Crippen molar-refractivity contribution < 1.29 is 27.9 Å². The van der Waals surface area contributed by atoms with Crippen molar-refractivity contribution in [3.05, 3.63) is 63.0 Å². The van der Waals surface area contributed by atoms with Gasteiger partial charge in [-0.05, 0) is 42.1 Å². The van der Waals surface area contributed by atoms with Crippen LogP contribution in [0.5, 0.6) is 0 Å². The van der Waals surface area contributed by atoms with E-state index in [0.29, 0.717) is 23.2 Å². The highest BCUT2D eigenvalue weighted by Gasteiger charge is 2.16. The van der Waals surface area contributed by atoms with Crippen LogP contribution in [0.3, 0.4) is 0 Å². The molecule has 3 rings (SSSR count). The van der Waals surface area contributed by atoms with Crippen LogP contribution < -0.4 is 16.4 Å². The van der Waals surface area contributed by atoms with Crippen LogP contribution in [0.1, 0.15) is 4.88 Å². The van der Waals surface area contributed by atoms with Crippen molar-refractivity contribution in [3.63, 3.8) is 0 Å². The van der Waals surface area contributed by atoms with Gasteiger partial charge in [-0.3, -0.25) is 14.9 Å². The van der Waals surface area contributed by atoms with E-state index in [1.807, 2.05) is 22.8 Å². The molecule has 10 nitrogen and oxygen atoms in total. The standard InChI is InChI=1S/C19H17FN4O6S/c20-13-5-3-12(4-6-13)17-23-24(19(28)30-17)10-16(26)29-11-15(25)22-18(27)21-8-7-14-2-1-9-31-14/h1-6,9H,7-8,10-11H2,(H2,21,22,25,27). The molecule has 0 spiro atoms. The summed E-state index contributed by atoms with van der Waals surface area (Å²) in [6, 6.07) is 8.17. The molecule has 0 saturated carbocycles. The number of nitrogens with zero attached hydrogens (tertiary/aromatic N) is 2. The molecule has 3 aromatic rings. The summed E-state index contributed by atoms with van der Waals surface area (Å²) in [5, 5.41) is 10.3. The van der Waals surface area contributed by atoms with Gasteiger partial charge in [-0.25, -0.2) is 14.0 Å². The van der Waals surface area contributed by atoms with Crippen LogP contribution in [-0.2, 0) is 27.3 Å². The van der Waals surface area contributed by atoms with Gasteiger partial charge in [0.25, 0.3) is 5.91 Å². The van der Waals surface area contributed by atoms with Crippen LogP contribution in [0.25, 0.3) is 11.5 Å². The third-order valence-electron chi connectivity index (χ3n) is 3.83. The molecule has 162 valence electrons. The van der Waals surface area contributed by atoms with Gasteiger partial charge in [0, 0.05) is 17.0 Å². The molecule has 3 amide bonds. The van der Waals surface area contributed by atoms with Crippen molar-refractivity contribution in [3.8, 4) is 11.5 Å². The Balaban J connectivity index is 1.41. The summed E-state index contributed by atoms with van der Waals surface area (Å²) in [6.07, 6.45) is 0.626. The van der Waals surface area contributed by atoms with E-state index >= 15 is 0 Å². The SMILES string of the molecule is O=C(COC(=O)Cn1nc(-c2ccc(F)cc2)oc1=O)NC(=O)NCCc1cccs1. The number of thiophene rings is 1. The molecule has 2 heterocycles. The summed E-state index contributed by atoms with van der Waals surface area (Å²) in [5.74, 6) is -3.26. The number of nitrogens with one attached hydrogen (secondary N) is 2. The Morgan fingerprint density at radius 3 is 2.68 bits per heavy atom. The molecular formula is C19H17FN4O6S. The summed E-state index contributed by atoms with van der Waals surface area (Å²) >= 11 is 1.55. The quantitative estimate of drug-likeness (QED) is 0.497. The fraction of sp³-hybridized carbons (Fsp3) is 0.211. The topological polar surface area (TPSA) is 133 Å². The zero-order valence-electron chi connectivity index (χ0n) is 16.0. The molecule has 0 aliphatic rings. The van der Waals surface area contributed by atoms with Crippen LogP contribution in [0, 0.1) is 5.82 Å². The first kappa shape index (κ1) is 21.9. The van der Waals surface area contributed by atoms with E-state index in [4.69, 9.17) is 9.15 Å². The number of aromatic nitrogens is 2. The number of esters is 1. The van der Waals surface area contributed by atoms with E-state index in [2.05, 4.69) is 10.4 Å². The lowest BCUT2D eigenvalue weighted by molar-refractivity contribution is -0.149. The monoisotopic (exact) mass is 448 g/mol. The Hall–Kier alpha value is -3.80. The number of ether oxygens (including phenoxy) is 1. The van der Waals surface area contributed by atoms with Gasteiger partial charge in [-0.15, -0.1) is 16.4 Å². The van der Waals surface area contributed by atoms with Gasteiger partial charge in [0.05, 0.1) is 0 Å². The molecule has 0 unspecified atom stereocenters. The van der Waals surface area contributed by atoms with Crippen LogP contribution in [0.15, 0.2) is 51.0 Å². The molecule has 0 atom stereocenters.